The maximum atomic E-state index is 11.3. The summed E-state index contributed by atoms with van der Waals surface area (Å²) in [5.41, 5.74) is -2.51. The zero-order chi connectivity index (χ0) is 10.3. The van der Waals surface area contributed by atoms with Crippen LogP contribution in [0.3, 0.4) is 0 Å². The van der Waals surface area contributed by atoms with Gasteiger partial charge < -0.3 is 0 Å². The predicted octanol–water partition coefficient (Wildman–Crippen LogP) is -1.54. The molecule has 0 aromatic carbocycles. The van der Waals surface area contributed by atoms with E-state index in [1.165, 1.54) is 6.19 Å². The first-order chi connectivity index (χ1) is 6.63. The SMILES string of the molecule is Cl.N#Cn1c(=O)[nH]c2[nH]c(=O)[nH]c2c1=O. The van der Waals surface area contributed by atoms with E-state index in [2.05, 4.69) is 15.0 Å². The van der Waals surface area contributed by atoms with E-state index >= 15 is 0 Å². The maximum Gasteiger partial charge on any atom is 0.343 e. The van der Waals surface area contributed by atoms with Gasteiger partial charge in [-0.25, -0.2) is 9.59 Å². The molecule has 15 heavy (non-hydrogen) atoms. The van der Waals surface area contributed by atoms with Crippen molar-refractivity contribution in [3.63, 3.8) is 0 Å². The van der Waals surface area contributed by atoms with Crippen LogP contribution in [0.4, 0.5) is 0 Å². The average molecular weight is 230 g/mol. The Balaban J connectivity index is 0.00000112. The lowest BCUT2D eigenvalue weighted by Gasteiger charge is -1.90. The minimum absolute atomic E-state index is 0. The van der Waals surface area contributed by atoms with Crippen molar-refractivity contribution in [2.45, 2.75) is 0 Å². The van der Waals surface area contributed by atoms with Gasteiger partial charge in [0.05, 0.1) is 0 Å². The molecule has 0 fully saturated rings. The summed E-state index contributed by atoms with van der Waals surface area (Å²) >= 11 is 0. The normalized spacial score (nSPS) is 9.53. The molecule has 0 radical (unpaired) electrons. The van der Waals surface area contributed by atoms with Crippen molar-refractivity contribution in [2.75, 3.05) is 0 Å². The molecule has 3 N–H and O–H groups in total. The highest BCUT2D eigenvalue weighted by Crippen LogP contribution is 1.90. The largest absolute Gasteiger partial charge is 0.343 e. The number of fused-ring (bicyclic) bond motifs is 1. The number of nitrogens with one attached hydrogen (secondary N) is 3. The molecule has 0 spiro atoms. The van der Waals surface area contributed by atoms with Gasteiger partial charge in [0.15, 0.2) is 11.7 Å². The summed E-state index contributed by atoms with van der Waals surface area (Å²) in [6.45, 7) is 0. The van der Waals surface area contributed by atoms with Gasteiger partial charge in [0.1, 0.15) is 5.65 Å². The van der Waals surface area contributed by atoms with Crippen LogP contribution in [0.1, 0.15) is 0 Å². The topological polar surface area (TPSA) is 127 Å². The minimum atomic E-state index is -0.889. The Bertz CT molecular complexity index is 711. The average Bonchev–Trinajstić information content (AvgIpc) is 2.47. The Morgan fingerprint density at radius 3 is 2.40 bits per heavy atom. The summed E-state index contributed by atoms with van der Waals surface area (Å²) < 4.78 is 0.312. The molecular weight excluding hydrogens is 226 g/mol. The number of hydrogen-bond acceptors (Lipinski definition) is 4. The molecular formula is C6H4ClN5O3. The second-order valence-electron chi connectivity index (χ2n) is 2.50. The van der Waals surface area contributed by atoms with Crippen LogP contribution in [0.15, 0.2) is 14.4 Å². The first kappa shape index (κ1) is 10.8. The molecule has 2 heterocycles. The van der Waals surface area contributed by atoms with Crippen molar-refractivity contribution >= 4 is 23.6 Å². The smallest absolute Gasteiger partial charge is 0.300 e. The quantitative estimate of drug-likeness (QED) is 0.506. The number of imidazole rings is 1. The molecule has 9 heteroatoms. The molecule has 2 rings (SSSR count). The van der Waals surface area contributed by atoms with Gasteiger partial charge in [-0.15, -0.1) is 12.4 Å². The molecule has 8 nitrogen and oxygen atoms in total. The molecule has 0 aliphatic carbocycles. The molecule has 0 unspecified atom stereocenters. The van der Waals surface area contributed by atoms with Gasteiger partial charge in [-0.3, -0.25) is 19.7 Å². The second kappa shape index (κ2) is 3.47. The molecule has 0 saturated carbocycles. The number of hydrogen-bond donors (Lipinski definition) is 3. The highest BCUT2D eigenvalue weighted by molar-refractivity contribution is 5.85. The maximum absolute atomic E-state index is 11.3. The number of aromatic nitrogens is 4. The fraction of sp³-hybridized carbons (Fsp3) is 0. The van der Waals surface area contributed by atoms with Gasteiger partial charge in [-0.1, -0.05) is 0 Å². The van der Waals surface area contributed by atoms with Crippen molar-refractivity contribution in [2.24, 2.45) is 0 Å². The van der Waals surface area contributed by atoms with Crippen LogP contribution in [0.25, 0.3) is 11.2 Å². The van der Waals surface area contributed by atoms with E-state index in [1.54, 1.807) is 0 Å². The van der Waals surface area contributed by atoms with Crippen molar-refractivity contribution in [3.05, 3.63) is 31.3 Å². The summed E-state index contributed by atoms with van der Waals surface area (Å²) in [4.78, 5) is 39.7. The van der Waals surface area contributed by atoms with Gasteiger partial charge >= 0.3 is 11.4 Å². The number of aromatic amines is 3. The summed E-state index contributed by atoms with van der Waals surface area (Å²) in [6, 6.07) is 0. The standard InChI is InChI=1S/C6H3N5O3.ClH/c7-1-11-4(12)2-3(10-6(11)14)9-5(13)8-2;/h(H,10,14)(H2,8,9,13);1H. The van der Waals surface area contributed by atoms with Gasteiger partial charge in [-0.05, 0) is 0 Å². The zero-order valence-corrected chi connectivity index (χ0v) is 7.84. The van der Waals surface area contributed by atoms with Gasteiger partial charge in [-0.2, -0.15) is 9.83 Å². The van der Waals surface area contributed by atoms with E-state index in [0.29, 0.717) is 4.57 Å². The molecule has 0 atom stereocenters. The van der Waals surface area contributed by atoms with E-state index in [0.717, 1.165) is 0 Å². The first-order valence-corrected chi connectivity index (χ1v) is 3.51. The van der Waals surface area contributed by atoms with E-state index in [-0.39, 0.29) is 23.6 Å². The number of nitriles is 1. The molecule has 0 bridgehead atoms. The highest BCUT2D eigenvalue weighted by atomic mass is 35.5. The predicted molar refractivity (Wildman–Crippen MR) is 52.1 cm³/mol. The summed E-state index contributed by atoms with van der Waals surface area (Å²) in [5.74, 6) is 0. The zero-order valence-electron chi connectivity index (χ0n) is 7.03. The van der Waals surface area contributed by atoms with Crippen LogP contribution < -0.4 is 16.9 Å². The molecule has 78 valence electrons. The van der Waals surface area contributed by atoms with E-state index in [4.69, 9.17) is 5.26 Å². The van der Waals surface area contributed by atoms with Crippen LogP contribution in [-0.2, 0) is 0 Å². The lowest BCUT2D eigenvalue weighted by atomic mass is 10.5. The lowest BCUT2D eigenvalue weighted by Crippen LogP contribution is -2.32. The molecule has 2 aromatic heterocycles. The van der Waals surface area contributed by atoms with E-state index in [1.807, 2.05) is 0 Å². The summed E-state index contributed by atoms with van der Waals surface area (Å²) in [6.07, 6.45) is 1.39. The summed E-state index contributed by atoms with van der Waals surface area (Å²) in [7, 11) is 0. The van der Waals surface area contributed by atoms with Crippen LogP contribution in [0, 0.1) is 11.5 Å². The van der Waals surface area contributed by atoms with Crippen molar-refractivity contribution in [3.8, 4) is 6.19 Å². The van der Waals surface area contributed by atoms with Gasteiger partial charge in [0, 0.05) is 0 Å². The number of H-pyrrole nitrogens is 3. The molecule has 0 saturated heterocycles. The van der Waals surface area contributed by atoms with Crippen LogP contribution in [0.2, 0.25) is 0 Å². The van der Waals surface area contributed by atoms with Crippen LogP contribution in [-0.4, -0.2) is 19.5 Å². The molecule has 0 aliphatic heterocycles. The fourth-order valence-corrected chi connectivity index (χ4v) is 1.10. The van der Waals surface area contributed by atoms with E-state index < -0.39 is 16.9 Å². The third kappa shape index (κ3) is 1.44. The molecule has 2 aromatic rings. The number of rotatable bonds is 0. The Labute approximate surface area is 86.6 Å². The van der Waals surface area contributed by atoms with Crippen molar-refractivity contribution in [1.82, 2.24) is 19.5 Å². The Morgan fingerprint density at radius 2 is 1.80 bits per heavy atom. The monoisotopic (exact) mass is 229 g/mol. The first-order valence-electron chi connectivity index (χ1n) is 3.51. The summed E-state index contributed by atoms with van der Waals surface area (Å²) in [5, 5.41) is 8.46. The van der Waals surface area contributed by atoms with Crippen LogP contribution in [0.5, 0.6) is 0 Å². The second-order valence-corrected chi connectivity index (χ2v) is 2.50. The van der Waals surface area contributed by atoms with Gasteiger partial charge in [0.2, 0.25) is 0 Å². The number of halogens is 1. The van der Waals surface area contributed by atoms with Crippen LogP contribution >= 0.6 is 12.4 Å². The van der Waals surface area contributed by atoms with Gasteiger partial charge in [0.25, 0.3) is 5.56 Å². The Morgan fingerprint density at radius 1 is 1.13 bits per heavy atom. The number of nitrogens with zero attached hydrogens (tertiary/aromatic N) is 2. The third-order valence-corrected chi connectivity index (χ3v) is 1.68. The van der Waals surface area contributed by atoms with Crippen molar-refractivity contribution in [1.29, 1.82) is 5.26 Å². The molecule has 0 aliphatic rings. The van der Waals surface area contributed by atoms with Crippen molar-refractivity contribution < 1.29 is 0 Å². The van der Waals surface area contributed by atoms with E-state index in [9.17, 15) is 14.4 Å². The minimum Gasteiger partial charge on any atom is -0.300 e. The lowest BCUT2D eigenvalue weighted by molar-refractivity contribution is 0.911. The highest BCUT2D eigenvalue weighted by Gasteiger charge is 2.08. The molecule has 0 amide bonds. The third-order valence-electron chi connectivity index (χ3n) is 1.68. The Hall–Kier alpha value is -2.27. The fourth-order valence-electron chi connectivity index (χ4n) is 1.10. The Kier molecular flexibility index (Phi) is 2.50.